The molecule has 17 nitrogen and oxygen atoms in total. The third-order valence-electron chi connectivity index (χ3n) is 15.8. The fourth-order valence-corrected chi connectivity index (χ4v) is 11.9. The van der Waals surface area contributed by atoms with Crippen LogP contribution in [-0.4, -0.2) is 96.7 Å². The number of hydrogen-bond donors (Lipinski definition) is 3. The van der Waals surface area contributed by atoms with Gasteiger partial charge < -0.3 is 33.8 Å². The minimum absolute atomic E-state index is 0.105. The summed E-state index contributed by atoms with van der Waals surface area (Å²) in [6, 6.07) is 0. The zero-order valence-corrected chi connectivity index (χ0v) is 57.9. The molecule has 87 heavy (non-hydrogen) atoms. The lowest BCUT2D eigenvalue weighted by Crippen LogP contribution is -2.30. The average Bonchev–Trinajstić information content (AvgIpc) is 3.69. The number of ether oxygens (including phenoxy) is 4. The van der Waals surface area contributed by atoms with Crippen molar-refractivity contribution in [1.82, 2.24) is 0 Å². The minimum Gasteiger partial charge on any atom is -0.462 e. The molecule has 0 aliphatic carbocycles. The SMILES string of the molecule is CCCCCCCCCCCCCCCCCCCCC(=O)O[C@H](COC(=O)CCCCCCCCCCCCCC(C)C)COP(=O)(O)OC[C@@H](O)COP(=O)(O)OC[C@@H](COC(=O)CCCCCCCCC)OC(=O)CCCCCCCCCC. The Balaban J connectivity index is 5.16. The number of aliphatic hydroxyl groups excluding tert-OH is 1. The van der Waals surface area contributed by atoms with Crippen LogP contribution in [0.2, 0.25) is 0 Å². The van der Waals surface area contributed by atoms with E-state index in [0.717, 1.165) is 115 Å². The van der Waals surface area contributed by atoms with E-state index in [1.165, 1.54) is 154 Å². The summed E-state index contributed by atoms with van der Waals surface area (Å²) in [5.74, 6) is -1.36. The van der Waals surface area contributed by atoms with Crippen LogP contribution in [0.5, 0.6) is 0 Å². The maximum absolute atomic E-state index is 13.0. The number of phosphoric ester groups is 2. The molecule has 0 radical (unpaired) electrons. The van der Waals surface area contributed by atoms with Crippen molar-refractivity contribution in [3.63, 3.8) is 0 Å². The van der Waals surface area contributed by atoms with Gasteiger partial charge in [0.1, 0.15) is 19.3 Å². The predicted molar refractivity (Wildman–Crippen MR) is 349 cm³/mol. The third kappa shape index (κ3) is 62.6. The first-order chi connectivity index (χ1) is 42.0. The fraction of sp³-hybridized carbons (Fsp3) is 0.941. The maximum atomic E-state index is 13.0. The van der Waals surface area contributed by atoms with E-state index in [4.69, 9.17) is 37.0 Å². The van der Waals surface area contributed by atoms with Crippen molar-refractivity contribution in [3.05, 3.63) is 0 Å². The molecule has 0 aromatic rings. The summed E-state index contributed by atoms with van der Waals surface area (Å²) in [6.07, 6.45) is 47.4. The molecule has 0 heterocycles. The van der Waals surface area contributed by atoms with E-state index >= 15 is 0 Å². The highest BCUT2D eigenvalue weighted by molar-refractivity contribution is 7.47. The van der Waals surface area contributed by atoms with Crippen LogP contribution in [0, 0.1) is 5.92 Å². The van der Waals surface area contributed by atoms with Gasteiger partial charge in [-0.2, -0.15) is 0 Å². The second kappa shape index (κ2) is 61.6. The van der Waals surface area contributed by atoms with Crippen molar-refractivity contribution in [1.29, 1.82) is 0 Å². The summed E-state index contributed by atoms with van der Waals surface area (Å²) >= 11 is 0. The van der Waals surface area contributed by atoms with Gasteiger partial charge in [0.05, 0.1) is 26.4 Å². The van der Waals surface area contributed by atoms with E-state index in [2.05, 4.69) is 34.6 Å². The topological polar surface area (TPSA) is 237 Å². The first-order valence-corrected chi connectivity index (χ1v) is 38.6. The highest BCUT2D eigenvalue weighted by Gasteiger charge is 2.30. The van der Waals surface area contributed by atoms with Crippen LogP contribution in [0.25, 0.3) is 0 Å². The molecule has 2 unspecified atom stereocenters. The molecule has 0 rings (SSSR count). The Morgan fingerprint density at radius 3 is 0.782 bits per heavy atom. The van der Waals surface area contributed by atoms with E-state index in [-0.39, 0.29) is 25.7 Å². The number of esters is 4. The van der Waals surface area contributed by atoms with E-state index in [1.54, 1.807) is 0 Å². The van der Waals surface area contributed by atoms with Crippen molar-refractivity contribution < 1.29 is 80.2 Å². The van der Waals surface area contributed by atoms with E-state index in [0.29, 0.717) is 25.7 Å². The van der Waals surface area contributed by atoms with Crippen LogP contribution in [0.15, 0.2) is 0 Å². The highest BCUT2D eigenvalue weighted by atomic mass is 31.2. The van der Waals surface area contributed by atoms with Gasteiger partial charge in [-0.25, -0.2) is 9.13 Å². The molecule has 516 valence electrons. The predicted octanol–water partition coefficient (Wildman–Crippen LogP) is 19.4. The van der Waals surface area contributed by atoms with Crippen LogP contribution in [0.4, 0.5) is 0 Å². The normalized spacial score (nSPS) is 14.1. The standard InChI is InChI=1S/C68H132O17P2/c1-6-9-12-15-18-20-21-22-23-24-25-26-27-30-34-39-44-49-54-68(73)85-64(58-79-66(71)52-47-42-38-33-31-28-29-32-36-40-45-50-61(4)5)60-83-87(76,77)81-56-62(69)55-80-86(74,75)82-59-63(57-78-65(70)51-46-41-35-17-14-11-8-3)84-67(72)53-48-43-37-19-16-13-10-7-2/h61-64,69H,6-60H2,1-5H3,(H,74,75)(H,76,77)/t62-,63+,64+/m0/s1. The third-order valence-corrected chi connectivity index (χ3v) is 17.7. The quantitative estimate of drug-likeness (QED) is 0.0222. The number of hydrogen-bond acceptors (Lipinski definition) is 15. The summed E-state index contributed by atoms with van der Waals surface area (Å²) in [7, 11) is -9.88. The average molecular weight is 1280 g/mol. The lowest BCUT2D eigenvalue weighted by atomic mass is 10.0. The molecule has 0 amide bonds. The highest BCUT2D eigenvalue weighted by Crippen LogP contribution is 2.45. The Labute approximate surface area is 530 Å². The molecule has 0 spiro atoms. The number of aliphatic hydroxyl groups is 1. The van der Waals surface area contributed by atoms with Gasteiger partial charge in [0.2, 0.25) is 0 Å². The summed E-state index contributed by atoms with van der Waals surface area (Å²) < 4.78 is 68.0. The van der Waals surface area contributed by atoms with Crippen molar-refractivity contribution >= 4 is 39.5 Å². The number of unbranched alkanes of at least 4 members (excludes halogenated alkanes) is 40. The van der Waals surface area contributed by atoms with Gasteiger partial charge in [0.25, 0.3) is 0 Å². The Morgan fingerprint density at radius 1 is 0.310 bits per heavy atom. The second-order valence-electron chi connectivity index (χ2n) is 25.0. The lowest BCUT2D eigenvalue weighted by Gasteiger charge is -2.21. The van der Waals surface area contributed by atoms with Gasteiger partial charge in [0.15, 0.2) is 12.2 Å². The summed E-state index contributed by atoms with van der Waals surface area (Å²) in [5, 5.41) is 10.5. The van der Waals surface area contributed by atoms with Gasteiger partial charge in [-0.05, 0) is 31.6 Å². The Hall–Kier alpha value is -1.94. The van der Waals surface area contributed by atoms with E-state index in [1.807, 2.05) is 0 Å². The first-order valence-electron chi connectivity index (χ1n) is 35.6. The van der Waals surface area contributed by atoms with Gasteiger partial charge >= 0.3 is 39.5 Å². The number of carbonyl (C=O) groups excluding carboxylic acids is 4. The summed E-state index contributed by atoms with van der Waals surface area (Å²) in [6.45, 7) is 7.17. The summed E-state index contributed by atoms with van der Waals surface area (Å²) in [5.41, 5.74) is 0. The molecule has 0 aromatic heterocycles. The molecule has 0 saturated heterocycles. The Kier molecular flexibility index (Phi) is 60.2. The maximum Gasteiger partial charge on any atom is 0.472 e. The van der Waals surface area contributed by atoms with Crippen LogP contribution in [0.3, 0.4) is 0 Å². The molecule has 3 N–H and O–H groups in total. The van der Waals surface area contributed by atoms with Crippen LogP contribution >= 0.6 is 15.6 Å². The Morgan fingerprint density at radius 2 is 0.529 bits per heavy atom. The number of carbonyl (C=O) groups is 4. The monoisotopic (exact) mass is 1280 g/mol. The van der Waals surface area contributed by atoms with Crippen molar-refractivity contribution in [2.24, 2.45) is 5.92 Å². The Bertz CT molecular complexity index is 1690. The van der Waals surface area contributed by atoms with Crippen molar-refractivity contribution in [2.75, 3.05) is 39.6 Å². The van der Waals surface area contributed by atoms with Gasteiger partial charge in [-0.3, -0.25) is 37.3 Å². The molecule has 0 fully saturated rings. The van der Waals surface area contributed by atoms with Gasteiger partial charge in [-0.15, -0.1) is 0 Å². The smallest absolute Gasteiger partial charge is 0.462 e. The van der Waals surface area contributed by atoms with E-state index in [9.17, 15) is 43.2 Å². The molecule has 0 aliphatic rings. The molecule has 0 aromatic carbocycles. The molecular formula is C68H132O17P2. The number of phosphoric acid groups is 2. The second-order valence-corrected chi connectivity index (χ2v) is 27.9. The van der Waals surface area contributed by atoms with Crippen molar-refractivity contribution in [3.8, 4) is 0 Å². The number of rotatable bonds is 68. The largest absolute Gasteiger partial charge is 0.472 e. The van der Waals surface area contributed by atoms with Gasteiger partial charge in [0, 0.05) is 25.7 Å². The molecular weight excluding hydrogens is 1150 g/mol. The molecule has 0 saturated carbocycles. The molecule has 5 atom stereocenters. The van der Waals surface area contributed by atoms with Crippen molar-refractivity contribution in [2.45, 2.75) is 368 Å². The molecule has 19 heteroatoms. The van der Waals surface area contributed by atoms with E-state index < -0.39 is 97.5 Å². The molecule has 0 aliphatic heterocycles. The summed E-state index contributed by atoms with van der Waals surface area (Å²) in [4.78, 5) is 72.2. The van der Waals surface area contributed by atoms with Crippen LogP contribution in [-0.2, 0) is 65.4 Å². The zero-order valence-electron chi connectivity index (χ0n) is 56.2. The minimum atomic E-state index is -4.95. The fourth-order valence-electron chi connectivity index (χ4n) is 10.3. The first kappa shape index (κ1) is 85.1. The van der Waals surface area contributed by atoms with Gasteiger partial charge in [-0.1, -0.05) is 298 Å². The lowest BCUT2D eigenvalue weighted by molar-refractivity contribution is -0.161. The molecule has 0 bridgehead atoms. The van der Waals surface area contributed by atoms with Crippen LogP contribution in [0.1, 0.15) is 349 Å². The van der Waals surface area contributed by atoms with Crippen LogP contribution < -0.4 is 0 Å². The zero-order chi connectivity index (χ0) is 64.2.